The zero-order valence-electron chi connectivity index (χ0n) is 11.4. The molecule has 0 spiro atoms. The summed E-state index contributed by atoms with van der Waals surface area (Å²) < 4.78 is 10.2. The maximum atomic E-state index is 9.95. The Morgan fingerprint density at radius 1 is 1.33 bits per heavy atom. The lowest BCUT2D eigenvalue weighted by Gasteiger charge is -2.14. The van der Waals surface area contributed by atoms with E-state index < -0.39 is 6.10 Å². The van der Waals surface area contributed by atoms with Crippen LogP contribution in [0, 0.1) is 6.92 Å². The van der Waals surface area contributed by atoms with Gasteiger partial charge in [0.05, 0.1) is 19.8 Å². The van der Waals surface area contributed by atoms with Crippen molar-refractivity contribution >= 4 is 0 Å². The van der Waals surface area contributed by atoms with Gasteiger partial charge in [0.1, 0.15) is 5.75 Å². The summed E-state index contributed by atoms with van der Waals surface area (Å²) in [4.78, 5) is 0. The summed E-state index contributed by atoms with van der Waals surface area (Å²) >= 11 is 0. The molecule has 1 unspecified atom stereocenters. The van der Waals surface area contributed by atoms with E-state index in [0.717, 1.165) is 17.9 Å². The first-order valence-electron chi connectivity index (χ1n) is 6.18. The Morgan fingerprint density at radius 3 is 2.78 bits per heavy atom. The molecule has 0 bridgehead atoms. The molecule has 0 aromatic heterocycles. The van der Waals surface area contributed by atoms with E-state index in [-0.39, 0.29) is 0 Å². The number of aryl methyl sites for hydroxylation is 1. The van der Waals surface area contributed by atoms with Crippen molar-refractivity contribution in [1.29, 1.82) is 0 Å². The number of ether oxygens (including phenoxy) is 2. The van der Waals surface area contributed by atoms with E-state index in [0.29, 0.717) is 19.6 Å². The molecule has 0 saturated heterocycles. The number of hydrogen-bond donors (Lipinski definition) is 2. The lowest BCUT2D eigenvalue weighted by Crippen LogP contribution is -2.30. The van der Waals surface area contributed by atoms with Crippen LogP contribution in [0.5, 0.6) is 5.75 Å². The second-order valence-corrected chi connectivity index (χ2v) is 4.37. The van der Waals surface area contributed by atoms with Gasteiger partial charge in [0.15, 0.2) is 0 Å². The smallest absolute Gasteiger partial charge is 0.122 e. The molecular weight excluding hydrogens is 230 g/mol. The Bertz CT molecular complexity index is 355. The molecule has 0 aliphatic rings. The summed E-state index contributed by atoms with van der Waals surface area (Å²) in [5.74, 6) is 0.830. The lowest BCUT2D eigenvalue weighted by atomic mass is 10.0. The van der Waals surface area contributed by atoms with Crippen LogP contribution < -0.4 is 10.1 Å². The average molecular weight is 253 g/mol. The standard InChI is InChI=1S/C14H23NO3/c1-11-4-5-14(18-3)12(8-11)9-13(16)10-15-6-7-17-2/h4-5,8,13,15-16H,6-7,9-10H2,1-3H3. The van der Waals surface area contributed by atoms with Gasteiger partial charge in [-0.2, -0.15) is 0 Å². The van der Waals surface area contributed by atoms with E-state index in [9.17, 15) is 5.11 Å². The highest BCUT2D eigenvalue weighted by molar-refractivity contribution is 5.37. The van der Waals surface area contributed by atoms with Gasteiger partial charge >= 0.3 is 0 Å². The third kappa shape index (κ3) is 5.04. The minimum atomic E-state index is -0.419. The summed E-state index contributed by atoms with van der Waals surface area (Å²) in [6, 6.07) is 6.00. The molecule has 4 heteroatoms. The van der Waals surface area contributed by atoms with Crippen molar-refractivity contribution in [1.82, 2.24) is 5.32 Å². The first-order chi connectivity index (χ1) is 8.67. The summed E-state index contributed by atoms with van der Waals surface area (Å²) in [7, 11) is 3.31. The van der Waals surface area contributed by atoms with E-state index in [4.69, 9.17) is 9.47 Å². The van der Waals surface area contributed by atoms with Crippen LogP contribution in [0.3, 0.4) is 0 Å². The summed E-state index contributed by atoms with van der Waals surface area (Å²) in [5, 5.41) is 13.1. The van der Waals surface area contributed by atoms with Crippen LogP contribution in [0.15, 0.2) is 18.2 Å². The van der Waals surface area contributed by atoms with Crippen LogP contribution in [0.4, 0.5) is 0 Å². The number of hydrogen-bond acceptors (Lipinski definition) is 4. The largest absolute Gasteiger partial charge is 0.496 e. The number of benzene rings is 1. The van der Waals surface area contributed by atoms with E-state index in [1.165, 1.54) is 5.56 Å². The fourth-order valence-electron chi connectivity index (χ4n) is 1.84. The van der Waals surface area contributed by atoms with Crippen LogP contribution in [0.1, 0.15) is 11.1 Å². The quantitative estimate of drug-likeness (QED) is 0.682. The molecule has 0 saturated carbocycles. The second kappa shape index (κ2) is 8.08. The SMILES string of the molecule is COCCNCC(O)Cc1cc(C)ccc1OC. The van der Waals surface area contributed by atoms with Crippen molar-refractivity contribution in [3.05, 3.63) is 29.3 Å². The number of nitrogens with one attached hydrogen (secondary N) is 1. The van der Waals surface area contributed by atoms with Crippen LogP contribution in [-0.2, 0) is 11.2 Å². The number of aliphatic hydroxyl groups excluding tert-OH is 1. The zero-order chi connectivity index (χ0) is 13.4. The number of aliphatic hydroxyl groups is 1. The van der Waals surface area contributed by atoms with Crippen molar-refractivity contribution in [3.63, 3.8) is 0 Å². The maximum absolute atomic E-state index is 9.95. The Hall–Kier alpha value is -1.10. The fourth-order valence-corrected chi connectivity index (χ4v) is 1.84. The van der Waals surface area contributed by atoms with Gasteiger partial charge in [-0.25, -0.2) is 0 Å². The maximum Gasteiger partial charge on any atom is 0.122 e. The van der Waals surface area contributed by atoms with E-state index in [2.05, 4.69) is 11.4 Å². The van der Waals surface area contributed by atoms with Crippen molar-refractivity contribution in [2.24, 2.45) is 0 Å². The second-order valence-electron chi connectivity index (χ2n) is 4.37. The predicted octanol–water partition coefficient (Wildman–Crippen LogP) is 1.14. The van der Waals surface area contributed by atoms with Crippen molar-refractivity contribution in [3.8, 4) is 5.75 Å². The van der Waals surface area contributed by atoms with Gasteiger partial charge in [-0.15, -0.1) is 0 Å². The van der Waals surface area contributed by atoms with Gasteiger partial charge < -0.3 is 19.9 Å². The van der Waals surface area contributed by atoms with Crippen LogP contribution in [0.2, 0.25) is 0 Å². The van der Waals surface area contributed by atoms with Gasteiger partial charge in [0.25, 0.3) is 0 Å². The molecule has 1 aromatic carbocycles. The van der Waals surface area contributed by atoms with Gasteiger partial charge in [-0.05, 0) is 18.6 Å². The van der Waals surface area contributed by atoms with Gasteiger partial charge in [0.2, 0.25) is 0 Å². The van der Waals surface area contributed by atoms with Gasteiger partial charge in [-0.3, -0.25) is 0 Å². The van der Waals surface area contributed by atoms with Crippen LogP contribution in [0.25, 0.3) is 0 Å². The molecule has 1 aromatic rings. The zero-order valence-corrected chi connectivity index (χ0v) is 11.4. The predicted molar refractivity (Wildman–Crippen MR) is 72.2 cm³/mol. The van der Waals surface area contributed by atoms with Crippen molar-refractivity contribution in [2.45, 2.75) is 19.4 Å². The third-order valence-electron chi connectivity index (χ3n) is 2.75. The molecule has 0 aliphatic heterocycles. The molecule has 102 valence electrons. The molecule has 0 radical (unpaired) electrons. The number of methoxy groups -OCH3 is 2. The minimum absolute atomic E-state index is 0.419. The Balaban J connectivity index is 2.47. The summed E-state index contributed by atoms with van der Waals surface area (Å²) in [5.41, 5.74) is 2.21. The molecule has 4 nitrogen and oxygen atoms in total. The molecule has 18 heavy (non-hydrogen) atoms. The van der Waals surface area contributed by atoms with Crippen molar-refractivity contribution < 1.29 is 14.6 Å². The monoisotopic (exact) mass is 253 g/mol. The normalized spacial score (nSPS) is 12.4. The molecule has 1 atom stereocenters. The highest BCUT2D eigenvalue weighted by Gasteiger charge is 2.09. The van der Waals surface area contributed by atoms with Gasteiger partial charge in [-0.1, -0.05) is 17.7 Å². The minimum Gasteiger partial charge on any atom is -0.496 e. The first-order valence-corrected chi connectivity index (χ1v) is 6.18. The molecule has 0 fully saturated rings. The molecule has 1 rings (SSSR count). The van der Waals surface area contributed by atoms with Crippen LogP contribution >= 0.6 is 0 Å². The summed E-state index contributed by atoms with van der Waals surface area (Å²) in [6.45, 7) is 3.99. The Morgan fingerprint density at radius 2 is 2.11 bits per heavy atom. The van der Waals surface area contributed by atoms with E-state index >= 15 is 0 Å². The Labute approximate surface area is 109 Å². The van der Waals surface area contributed by atoms with Gasteiger partial charge in [0, 0.05) is 26.6 Å². The highest BCUT2D eigenvalue weighted by Crippen LogP contribution is 2.20. The molecule has 0 aliphatic carbocycles. The highest BCUT2D eigenvalue weighted by atomic mass is 16.5. The fraction of sp³-hybridized carbons (Fsp3) is 0.571. The molecular formula is C14H23NO3. The number of rotatable bonds is 8. The average Bonchev–Trinajstić information content (AvgIpc) is 2.35. The van der Waals surface area contributed by atoms with E-state index in [1.54, 1.807) is 14.2 Å². The summed E-state index contributed by atoms with van der Waals surface area (Å²) in [6.07, 6.45) is 0.169. The third-order valence-corrected chi connectivity index (χ3v) is 2.75. The molecule has 2 N–H and O–H groups in total. The van der Waals surface area contributed by atoms with E-state index in [1.807, 2.05) is 19.1 Å². The topological polar surface area (TPSA) is 50.7 Å². The first kappa shape index (κ1) is 15.0. The van der Waals surface area contributed by atoms with Crippen molar-refractivity contribution in [2.75, 3.05) is 33.9 Å². The lowest BCUT2D eigenvalue weighted by molar-refractivity contribution is 0.159. The molecule has 0 heterocycles. The Kier molecular flexibility index (Phi) is 6.72. The molecule has 0 amide bonds. The van der Waals surface area contributed by atoms with Crippen LogP contribution in [-0.4, -0.2) is 45.1 Å².